The van der Waals surface area contributed by atoms with Gasteiger partial charge in [-0.05, 0) is 31.9 Å². The van der Waals surface area contributed by atoms with Gasteiger partial charge in [0.2, 0.25) is 0 Å². The fraction of sp³-hybridized carbons (Fsp3) is 0.467. The zero-order valence-electron chi connectivity index (χ0n) is 10.7. The van der Waals surface area contributed by atoms with Gasteiger partial charge >= 0.3 is 0 Å². The number of fused-ring (bicyclic) bond motifs is 1. The Balaban J connectivity index is 1.52. The molecule has 1 saturated carbocycles. The van der Waals surface area contributed by atoms with E-state index < -0.39 is 0 Å². The molecule has 3 rings (SSSR count). The fourth-order valence-electron chi connectivity index (χ4n) is 2.47. The molecule has 96 valence electrons. The Bertz CT molecular complexity index is 481. The third-order valence-electron chi connectivity index (χ3n) is 3.54. The monoisotopic (exact) mass is 245 g/mol. The van der Waals surface area contributed by atoms with Crippen molar-refractivity contribution in [2.24, 2.45) is 0 Å². The summed E-state index contributed by atoms with van der Waals surface area (Å²) in [7, 11) is 0. The number of hydrogen-bond donors (Lipinski definition) is 1. The molecule has 2 aromatic rings. The first-order chi connectivity index (χ1) is 8.85. The second-order valence-corrected chi connectivity index (χ2v) is 4.88. The molecule has 1 heterocycles. The minimum Gasteiger partial charge on any atom is -0.460 e. The lowest BCUT2D eigenvalue weighted by atomic mass is 9.89. The van der Waals surface area contributed by atoms with Gasteiger partial charge in [-0.15, -0.1) is 0 Å². The standard InChI is InChI=1S/C15H19NO2/c1-2-17-13-8-12(9-13)16-10-14-7-11-5-3-4-6-15(11)18-14/h3-7,12-13,16H,2,8-10H2,1H3. The molecule has 0 radical (unpaired) electrons. The van der Waals surface area contributed by atoms with E-state index in [1.165, 1.54) is 5.39 Å². The van der Waals surface area contributed by atoms with E-state index in [9.17, 15) is 0 Å². The highest BCUT2D eigenvalue weighted by atomic mass is 16.5. The summed E-state index contributed by atoms with van der Waals surface area (Å²) < 4.78 is 11.3. The molecule has 0 saturated heterocycles. The molecule has 0 bridgehead atoms. The van der Waals surface area contributed by atoms with Crippen molar-refractivity contribution in [2.75, 3.05) is 6.61 Å². The highest BCUT2D eigenvalue weighted by Gasteiger charge is 2.28. The molecule has 1 aromatic heterocycles. The maximum Gasteiger partial charge on any atom is 0.134 e. The molecule has 0 atom stereocenters. The molecular weight excluding hydrogens is 226 g/mol. The van der Waals surface area contributed by atoms with E-state index in [1.54, 1.807) is 0 Å². The maximum atomic E-state index is 5.77. The normalized spacial score (nSPS) is 23.2. The van der Waals surface area contributed by atoms with Crippen LogP contribution in [0.5, 0.6) is 0 Å². The van der Waals surface area contributed by atoms with E-state index in [4.69, 9.17) is 9.15 Å². The van der Waals surface area contributed by atoms with Crippen molar-refractivity contribution in [3.05, 3.63) is 36.1 Å². The van der Waals surface area contributed by atoms with Gasteiger partial charge in [-0.1, -0.05) is 18.2 Å². The van der Waals surface area contributed by atoms with Gasteiger partial charge in [0.15, 0.2) is 0 Å². The largest absolute Gasteiger partial charge is 0.460 e. The molecule has 18 heavy (non-hydrogen) atoms. The lowest BCUT2D eigenvalue weighted by molar-refractivity contribution is -0.0105. The van der Waals surface area contributed by atoms with Gasteiger partial charge in [-0.2, -0.15) is 0 Å². The van der Waals surface area contributed by atoms with Gasteiger partial charge in [0.1, 0.15) is 11.3 Å². The fourth-order valence-corrected chi connectivity index (χ4v) is 2.47. The molecule has 3 nitrogen and oxygen atoms in total. The van der Waals surface area contributed by atoms with E-state index in [0.717, 1.165) is 37.3 Å². The van der Waals surface area contributed by atoms with Crippen LogP contribution in [0.25, 0.3) is 11.0 Å². The quantitative estimate of drug-likeness (QED) is 0.879. The van der Waals surface area contributed by atoms with Crippen LogP contribution in [0.3, 0.4) is 0 Å². The van der Waals surface area contributed by atoms with Crippen molar-refractivity contribution in [3.8, 4) is 0 Å². The average Bonchev–Trinajstić information content (AvgIpc) is 2.74. The third-order valence-corrected chi connectivity index (χ3v) is 3.54. The van der Waals surface area contributed by atoms with Crippen molar-refractivity contribution in [3.63, 3.8) is 0 Å². The van der Waals surface area contributed by atoms with Crippen molar-refractivity contribution in [2.45, 2.75) is 38.5 Å². The molecule has 1 aromatic carbocycles. The molecule has 0 spiro atoms. The minimum atomic E-state index is 0.461. The second-order valence-electron chi connectivity index (χ2n) is 4.88. The van der Waals surface area contributed by atoms with Crippen molar-refractivity contribution in [1.82, 2.24) is 5.32 Å². The maximum absolute atomic E-state index is 5.77. The summed E-state index contributed by atoms with van der Waals surface area (Å²) in [6, 6.07) is 10.8. The Labute approximate surface area is 107 Å². The zero-order valence-corrected chi connectivity index (χ0v) is 10.7. The molecule has 0 amide bonds. The second kappa shape index (κ2) is 5.12. The van der Waals surface area contributed by atoms with Gasteiger partial charge in [0.05, 0.1) is 12.6 Å². The predicted molar refractivity (Wildman–Crippen MR) is 71.5 cm³/mol. The number of furan rings is 1. The van der Waals surface area contributed by atoms with Gasteiger partial charge in [0.25, 0.3) is 0 Å². The van der Waals surface area contributed by atoms with Crippen LogP contribution in [-0.4, -0.2) is 18.8 Å². The van der Waals surface area contributed by atoms with Crippen LogP contribution in [0.4, 0.5) is 0 Å². The molecule has 1 aliphatic carbocycles. The number of nitrogens with one attached hydrogen (secondary N) is 1. The van der Waals surface area contributed by atoms with Crippen LogP contribution in [-0.2, 0) is 11.3 Å². The van der Waals surface area contributed by atoms with E-state index in [2.05, 4.69) is 24.4 Å². The van der Waals surface area contributed by atoms with Crippen LogP contribution in [0.2, 0.25) is 0 Å². The first-order valence-corrected chi connectivity index (χ1v) is 6.67. The van der Waals surface area contributed by atoms with Gasteiger partial charge < -0.3 is 14.5 Å². The van der Waals surface area contributed by atoms with E-state index in [0.29, 0.717) is 12.1 Å². The number of ether oxygens (including phenoxy) is 1. The first-order valence-electron chi connectivity index (χ1n) is 6.67. The lowest BCUT2D eigenvalue weighted by Crippen LogP contribution is -2.45. The Hall–Kier alpha value is -1.32. The van der Waals surface area contributed by atoms with Crippen molar-refractivity contribution < 1.29 is 9.15 Å². The predicted octanol–water partition coefficient (Wildman–Crippen LogP) is 3.09. The Morgan fingerprint density at radius 2 is 2.17 bits per heavy atom. The Morgan fingerprint density at radius 3 is 2.94 bits per heavy atom. The van der Waals surface area contributed by atoms with Crippen molar-refractivity contribution >= 4 is 11.0 Å². The van der Waals surface area contributed by atoms with Crippen molar-refractivity contribution in [1.29, 1.82) is 0 Å². The highest BCUT2D eigenvalue weighted by molar-refractivity contribution is 5.77. The lowest BCUT2D eigenvalue weighted by Gasteiger charge is -2.35. The van der Waals surface area contributed by atoms with Crippen LogP contribution < -0.4 is 5.32 Å². The van der Waals surface area contributed by atoms with E-state index in [1.807, 2.05) is 18.2 Å². The molecule has 0 unspecified atom stereocenters. The van der Waals surface area contributed by atoms with E-state index in [-0.39, 0.29) is 0 Å². The van der Waals surface area contributed by atoms with Gasteiger partial charge in [0, 0.05) is 18.0 Å². The smallest absolute Gasteiger partial charge is 0.134 e. The SMILES string of the molecule is CCOC1CC(NCc2cc3ccccc3o2)C1. The molecule has 1 N–H and O–H groups in total. The summed E-state index contributed by atoms with van der Waals surface area (Å²) >= 11 is 0. The average molecular weight is 245 g/mol. The summed E-state index contributed by atoms with van der Waals surface area (Å²) in [6.07, 6.45) is 2.70. The molecule has 3 heteroatoms. The molecular formula is C15H19NO2. The third kappa shape index (κ3) is 2.42. The van der Waals surface area contributed by atoms with Gasteiger partial charge in [-0.25, -0.2) is 0 Å². The number of hydrogen-bond acceptors (Lipinski definition) is 3. The number of rotatable bonds is 5. The summed E-state index contributed by atoms with van der Waals surface area (Å²) in [5.74, 6) is 1.01. The highest BCUT2D eigenvalue weighted by Crippen LogP contribution is 2.24. The summed E-state index contributed by atoms with van der Waals surface area (Å²) in [5, 5.41) is 4.69. The number of benzene rings is 1. The first kappa shape index (κ1) is 11.8. The van der Waals surface area contributed by atoms with Gasteiger partial charge in [-0.3, -0.25) is 0 Å². The Kier molecular flexibility index (Phi) is 3.35. The zero-order chi connectivity index (χ0) is 12.4. The van der Waals surface area contributed by atoms with Crippen LogP contribution in [0, 0.1) is 0 Å². The molecule has 0 aliphatic heterocycles. The number of para-hydroxylation sites is 1. The molecule has 1 aliphatic rings. The Morgan fingerprint density at radius 1 is 1.33 bits per heavy atom. The summed E-state index contributed by atoms with van der Waals surface area (Å²) in [4.78, 5) is 0. The minimum absolute atomic E-state index is 0.461. The topological polar surface area (TPSA) is 34.4 Å². The summed E-state index contributed by atoms with van der Waals surface area (Å²) in [6.45, 7) is 3.67. The summed E-state index contributed by atoms with van der Waals surface area (Å²) in [5.41, 5.74) is 0.968. The van der Waals surface area contributed by atoms with Crippen LogP contribution in [0.15, 0.2) is 34.7 Å². The van der Waals surface area contributed by atoms with Crippen LogP contribution >= 0.6 is 0 Å². The molecule has 1 fully saturated rings. The van der Waals surface area contributed by atoms with E-state index >= 15 is 0 Å². The van der Waals surface area contributed by atoms with Crippen LogP contribution in [0.1, 0.15) is 25.5 Å².